The van der Waals surface area contributed by atoms with Gasteiger partial charge in [-0.05, 0) is 62.7 Å². The Bertz CT molecular complexity index is 773. The van der Waals surface area contributed by atoms with Crippen LogP contribution in [0.3, 0.4) is 0 Å². The van der Waals surface area contributed by atoms with Crippen LogP contribution < -0.4 is 15.4 Å². The molecule has 2 amide bonds. The van der Waals surface area contributed by atoms with E-state index in [1.807, 2.05) is 19.1 Å². The molecule has 0 spiro atoms. The molecule has 0 fully saturated rings. The third-order valence-corrected chi connectivity index (χ3v) is 4.14. The first-order valence-electron chi connectivity index (χ1n) is 8.46. The molecule has 0 radical (unpaired) electrons. The number of rotatable bonds is 7. The molecule has 0 bridgehead atoms. The lowest BCUT2D eigenvalue weighted by molar-refractivity contribution is -0.128. The molecule has 0 aliphatic carbocycles. The molecule has 26 heavy (non-hydrogen) atoms. The Morgan fingerprint density at radius 1 is 1.04 bits per heavy atom. The highest BCUT2D eigenvalue weighted by Gasteiger charge is 2.30. The van der Waals surface area contributed by atoms with Crippen molar-refractivity contribution in [3.05, 3.63) is 53.0 Å². The highest BCUT2D eigenvalue weighted by atomic mass is 79.9. The third-order valence-electron chi connectivity index (χ3n) is 3.61. The molecule has 2 rings (SSSR count). The van der Waals surface area contributed by atoms with E-state index in [-0.39, 0.29) is 11.8 Å². The molecule has 6 heteroatoms. The number of carbonyl (C=O) groups excluding carboxylic acids is 2. The fourth-order valence-electron chi connectivity index (χ4n) is 2.25. The van der Waals surface area contributed by atoms with E-state index in [0.29, 0.717) is 23.5 Å². The van der Waals surface area contributed by atoms with E-state index in [9.17, 15) is 9.59 Å². The number of hydrogen-bond donors (Lipinski definition) is 2. The predicted molar refractivity (Wildman–Crippen MR) is 107 cm³/mol. The standard InChI is InChI=1S/C20H23BrN2O3/c1-4-6-18(24)22-15-7-5-8-16(13-15)23-19(25)20(2,3)26-17-11-9-14(21)10-12-17/h5,7-13H,4,6H2,1-3H3,(H,22,24)(H,23,25). The fraction of sp³-hybridized carbons (Fsp3) is 0.300. The van der Waals surface area contributed by atoms with E-state index in [4.69, 9.17) is 4.74 Å². The van der Waals surface area contributed by atoms with Crippen LogP contribution >= 0.6 is 15.9 Å². The Labute approximate surface area is 162 Å². The minimum atomic E-state index is -1.06. The minimum absolute atomic E-state index is 0.0464. The first-order chi connectivity index (χ1) is 12.3. The number of hydrogen-bond acceptors (Lipinski definition) is 3. The average molecular weight is 419 g/mol. The second-order valence-corrected chi connectivity index (χ2v) is 7.32. The summed E-state index contributed by atoms with van der Waals surface area (Å²) in [4.78, 5) is 24.3. The van der Waals surface area contributed by atoms with Gasteiger partial charge in [0, 0.05) is 22.3 Å². The van der Waals surface area contributed by atoms with Gasteiger partial charge in [-0.2, -0.15) is 0 Å². The monoisotopic (exact) mass is 418 g/mol. The quantitative estimate of drug-likeness (QED) is 0.665. The summed E-state index contributed by atoms with van der Waals surface area (Å²) >= 11 is 3.37. The molecule has 5 nitrogen and oxygen atoms in total. The summed E-state index contributed by atoms with van der Waals surface area (Å²) in [5, 5.41) is 5.65. The van der Waals surface area contributed by atoms with E-state index in [0.717, 1.165) is 10.9 Å². The van der Waals surface area contributed by atoms with Gasteiger partial charge >= 0.3 is 0 Å². The molecule has 0 atom stereocenters. The van der Waals surface area contributed by atoms with E-state index in [1.165, 1.54) is 0 Å². The van der Waals surface area contributed by atoms with Gasteiger partial charge in [-0.15, -0.1) is 0 Å². The summed E-state index contributed by atoms with van der Waals surface area (Å²) in [7, 11) is 0. The molecule has 0 saturated heterocycles. The Balaban J connectivity index is 2.03. The zero-order valence-corrected chi connectivity index (χ0v) is 16.7. The van der Waals surface area contributed by atoms with E-state index < -0.39 is 5.60 Å². The van der Waals surface area contributed by atoms with Crippen LogP contribution in [0.1, 0.15) is 33.6 Å². The first kappa shape index (κ1) is 20.0. The summed E-state index contributed by atoms with van der Waals surface area (Å²) < 4.78 is 6.75. The van der Waals surface area contributed by atoms with E-state index in [1.54, 1.807) is 50.2 Å². The molecule has 2 aromatic carbocycles. The summed E-state index contributed by atoms with van der Waals surface area (Å²) in [6.45, 7) is 5.36. The number of halogens is 1. The van der Waals surface area contributed by atoms with Gasteiger partial charge in [-0.1, -0.05) is 28.9 Å². The van der Waals surface area contributed by atoms with Crippen LogP contribution in [0.4, 0.5) is 11.4 Å². The van der Waals surface area contributed by atoms with Crippen LogP contribution in [0, 0.1) is 0 Å². The van der Waals surface area contributed by atoms with Crippen LogP contribution in [0.2, 0.25) is 0 Å². The molecule has 138 valence electrons. The fourth-order valence-corrected chi connectivity index (χ4v) is 2.51. The third kappa shape index (κ3) is 5.88. The van der Waals surface area contributed by atoms with E-state index in [2.05, 4.69) is 26.6 Å². The smallest absolute Gasteiger partial charge is 0.267 e. The maximum Gasteiger partial charge on any atom is 0.267 e. The predicted octanol–water partition coefficient (Wildman–Crippen LogP) is 4.98. The molecule has 0 aromatic heterocycles. The van der Waals surface area contributed by atoms with Gasteiger partial charge in [0.15, 0.2) is 5.60 Å². The Morgan fingerprint density at radius 3 is 2.27 bits per heavy atom. The van der Waals surface area contributed by atoms with Crippen molar-refractivity contribution >= 4 is 39.1 Å². The maximum absolute atomic E-state index is 12.6. The number of nitrogens with one attached hydrogen (secondary N) is 2. The normalized spacial score (nSPS) is 10.9. The van der Waals surface area contributed by atoms with Crippen LogP contribution in [-0.2, 0) is 9.59 Å². The van der Waals surface area contributed by atoms with Gasteiger partial charge in [-0.25, -0.2) is 0 Å². The second kappa shape index (κ2) is 8.85. The van der Waals surface area contributed by atoms with Gasteiger partial charge in [0.25, 0.3) is 5.91 Å². The minimum Gasteiger partial charge on any atom is -0.478 e. The van der Waals surface area contributed by atoms with Crippen LogP contribution in [0.25, 0.3) is 0 Å². The van der Waals surface area contributed by atoms with Crippen LogP contribution in [-0.4, -0.2) is 17.4 Å². The summed E-state index contributed by atoms with van der Waals surface area (Å²) in [5.41, 5.74) is 0.180. The van der Waals surface area contributed by atoms with Gasteiger partial charge in [0.1, 0.15) is 5.75 Å². The highest BCUT2D eigenvalue weighted by molar-refractivity contribution is 9.10. The van der Waals surface area contributed by atoms with Crippen LogP contribution in [0.5, 0.6) is 5.75 Å². The lowest BCUT2D eigenvalue weighted by Gasteiger charge is -2.25. The molecule has 2 N–H and O–H groups in total. The Morgan fingerprint density at radius 2 is 1.65 bits per heavy atom. The average Bonchev–Trinajstić information content (AvgIpc) is 2.57. The van der Waals surface area contributed by atoms with Crippen molar-refractivity contribution in [3.63, 3.8) is 0 Å². The topological polar surface area (TPSA) is 67.4 Å². The van der Waals surface area contributed by atoms with Crippen molar-refractivity contribution in [2.45, 2.75) is 39.2 Å². The number of carbonyl (C=O) groups is 2. The molecule has 0 heterocycles. The van der Waals surface area contributed by atoms with E-state index >= 15 is 0 Å². The zero-order chi connectivity index (χ0) is 19.2. The maximum atomic E-state index is 12.6. The Kier molecular flexibility index (Phi) is 6.80. The second-order valence-electron chi connectivity index (χ2n) is 6.40. The highest BCUT2D eigenvalue weighted by Crippen LogP contribution is 2.23. The molecule has 2 aromatic rings. The SMILES string of the molecule is CCCC(=O)Nc1cccc(NC(=O)C(C)(C)Oc2ccc(Br)cc2)c1. The van der Waals surface area contributed by atoms with Crippen molar-refractivity contribution < 1.29 is 14.3 Å². The van der Waals surface area contributed by atoms with Crippen molar-refractivity contribution in [1.29, 1.82) is 0 Å². The van der Waals surface area contributed by atoms with Gasteiger partial charge in [0.05, 0.1) is 0 Å². The first-order valence-corrected chi connectivity index (χ1v) is 9.25. The number of ether oxygens (including phenoxy) is 1. The summed E-state index contributed by atoms with van der Waals surface area (Å²) in [6.07, 6.45) is 1.24. The molecule has 0 aliphatic rings. The lowest BCUT2D eigenvalue weighted by atomic mass is 10.1. The number of anilines is 2. The number of amides is 2. The van der Waals surface area contributed by atoms with Crippen molar-refractivity contribution in [2.75, 3.05) is 10.6 Å². The van der Waals surface area contributed by atoms with Gasteiger partial charge in [-0.3, -0.25) is 9.59 Å². The van der Waals surface area contributed by atoms with Crippen molar-refractivity contribution in [3.8, 4) is 5.75 Å². The molecular formula is C20H23BrN2O3. The molecule has 0 aliphatic heterocycles. The van der Waals surface area contributed by atoms with Crippen LogP contribution in [0.15, 0.2) is 53.0 Å². The molecular weight excluding hydrogens is 396 g/mol. The Hall–Kier alpha value is -2.34. The lowest BCUT2D eigenvalue weighted by Crippen LogP contribution is -2.42. The van der Waals surface area contributed by atoms with Crippen molar-refractivity contribution in [1.82, 2.24) is 0 Å². The number of benzene rings is 2. The van der Waals surface area contributed by atoms with Crippen molar-refractivity contribution in [2.24, 2.45) is 0 Å². The largest absolute Gasteiger partial charge is 0.478 e. The molecule has 0 saturated carbocycles. The zero-order valence-electron chi connectivity index (χ0n) is 15.1. The molecule has 0 unspecified atom stereocenters. The van der Waals surface area contributed by atoms with Gasteiger partial charge in [0.2, 0.25) is 5.91 Å². The summed E-state index contributed by atoms with van der Waals surface area (Å²) in [5.74, 6) is 0.279. The summed E-state index contributed by atoms with van der Waals surface area (Å²) in [6, 6.07) is 14.3. The van der Waals surface area contributed by atoms with Gasteiger partial charge < -0.3 is 15.4 Å².